The lowest BCUT2D eigenvalue weighted by Gasteiger charge is -2.16. The van der Waals surface area contributed by atoms with Gasteiger partial charge in [-0.25, -0.2) is 4.79 Å². The van der Waals surface area contributed by atoms with Gasteiger partial charge < -0.3 is 58.4 Å². The van der Waals surface area contributed by atoms with E-state index >= 15 is 0 Å². The Balaban J connectivity index is 0.000000219. The summed E-state index contributed by atoms with van der Waals surface area (Å²) in [5.41, 5.74) is 1.70. The van der Waals surface area contributed by atoms with Gasteiger partial charge in [0.25, 0.3) is 10.1 Å². The molecule has 2 aromatic carbocycles. The summed E-state index contributed by atoms with van der Waals surface area (Å²) in [6.07, 6.45) is -4.66. The predicted molar refractivity (Wildman–Crippen MR) is 179 cm³/mol. The molecule has 2 aliphatic rings. The van der Waals surface area contributed by atoms with Crippen LogP contribution in [-0.2, 0) is 38.0 Å². The average Bonchev–Trinajstić information content (AvgIpc) is 3.67. The number of rotatable bonds is 13. The lowest BCUT2D eigenvalue weighted by molar-refractivity contribution is -0.127. The van der Waals surface area contributed by atoms with Crippen molar-refractivity contribution in [2.75, 3.05) is 34.0 Å². The highest BCUT2D eigenvalue weighted by atomic mass is 32.2. The summed E-state index contributed by atoms with van der Waals surface area (Å²) in [7, 11) is -0.871. The number of aryl methyl sites for hydroxylation is 2. The zero-order valence-electron chi connectivity index (χ0n) is 28.7. The fourth-order valence-corrected chi connectivity index (χ4v) is 5.79. The maximum absolute atomic E-state index is 12.0. The third-order valence-corrected chi connectivity index (χ3v) is 9.20. The minimum atomic E-state index is -3.84. The second-order valence-electron chi connectivity index (χ2n) is 11.8. The number of aliphatic hydroxyl groups excluding tert-OH is 5. The van der Waals surface area contributed by atoms with E-state index in [1.807, 2.05) is 6.92 Å². The van der Waals surface area contributed by atoms with Crippen LogP contribution in [0.1, 0.15) is 30.4 Å². The number of aldehydes is 1. The standard InChI is InChI=1S/C15H16O6.C13H18O6S.C6H12O4/c1-9-6-15(19)21-14-7-10(2-3-11(9)14)20-8-13(18)12(17)4-5-16;1-9-3-5-10(6-4-9)20(15,16)18-8-12-11(14)7-13(17-2)19-12;1-9-6-2-4(8)5(3-7)10-6/h2-3,5-7,12-13,17-18H,4,8H2,1H3;3-6,11-14H,7-8H2,1-2H3;4-8H,2-3H2,1H3/t12-,13+;11-,12+,13?;4-,5+,6?/m000/s1. The molecule has 2 unspecified atom stereocenters. The summed E-state index contributed by atoms with van der Waals surface area (Å²) >= 11 is 0. The topological polar surface area (TPSA) is 238 Å². The minimum Gasteiger partial charge on any atom is -0.491 e. The smallest absolute Gasteiger partial charge is 0.336 e. The Morgan fingerprint density at radius 1 is 0.902 bits per heavy atom. The summed E-state index contributed by atoms with van der Waals surface area (Å²) in [5, 5.41) is 47.3. The monoisotopic (exact) mass is 742 g/mol. The van der Waals surface area contributed by atoms with Crippen LogP contribution in [0, 0.1) is 13.8 Å². The van der Waals surface area contributed by atoms with E-state index in [9.17, 15) is 33.3 Å². The summed E-state index contributed by atoms with van der Waals surface area (Å²) in [6, 6.07) is 12.7. The van der Waals surface area contributed by atoms with Gasteiger partial charge in [0.05, 0.1) is 36.4 Å². The van der Waals surface area contributed by atoms with Gasteiger partial charge in [0.2, 0.25) is 0 Å². The van der Waals surface area contributed by atoms with Gasteiger partial charge in [-0.15, -0.1) is 0 Å². The zero-order valence-corrected chi connectivity index (χ0v) is 29.5. The maximum Gasteiger partial charge on any atom is 0.336 e. The molecule has 2 aliphatic heterocycles. The Morgan fingerprint density at radius 3 is 2.06 bits per heavy atom. The highest BCUT2D eigenvalue weighted by Crippen LogP contribution is 2.24. The largest absolute Gasteiger partial charge is 0.491 e. The zero-order chi connectivity index (χ0) is 37.7. The lowest BCUT2D eigenvalue weighted by Crippen LogP contribution is -2.32. The number of methoxy groups -OCH3 is 2. The number of ether oxygens (including phenoxy) is 5. The van der Waals surface area contributed by atoms with Crippen molar-refractivity contribution < 1.29 is 71.0 Å². The SMILES string of the molecule is COC1C[C@H](O)[C@@H](CO)O1.COC1C[C@H](O)[C@@H](COS(=O)(=O)c2ccc(C)cc2)O1.Cc1cc(=O)oc2cc(OC[C@@H](O)[C@@H](O)CC=O)ccc12. The third-order valence-electron chi connectivity index (χ3n) is 7.91. The molecule has 2 saturated heterocycles. The van der Waals surface area contributed by atoms with E-state index < -0.39 is 58.7 Å². The Bertz CT molecular complexity index is 1680. The molecule has 17 heteroatoms. The number of fused-ring (bicyclic) bond motifs is 1. The molecule has 16 nitrogen and oxygen atoms in total. The fraction of sp³-hybridized carbons (Fsp3) is 0.529. The van der Waals surface area contributed by atoms with Crippen molar-refractivity contribution in [3.8, 4) is 5.75 Å². The predicted octanol–water partition coefficient (Wildman–Crippen LogP) is 0.715. The van der Waals surface area contributed by atoms with E-state index in [0.717, 1.165) is 16.5 Å². The quantitative estimate of drug-likeness (QED) is 0.0921. The van der Waals surface area contributed by atoms with Crippen LogP contribution in [-0.4, -0.2) is 123 Å². The van der Waals surface area contributed by atoms with E-state index in [2.05, 4.69) is 0 Å². The second-order valence-corrected chi connectivity index (χ2v) is 13.4. The second kappa shape index (κ2) is 20.1. The number of benzene rings is 2. The molecule has 1 aromatic heterocycles. The highest BCUT2D eigenvalue weighted by Gasteiger charge is 2.35. The number of hydrogen-bond donors (Lipinski definition) is 5. The van der Waals surface area contributed by atoms with Crippen molar-refractivity contribution in [1.29, 1.82) is 0 Å². The van der Waals surface area contributed by atoms with Gasteiger partial charge in [0.1, 0.15) is 42.5 Å². The molecule has 0 aliphatic carbocycles. The Morgan fingerprint density at radius 2 is 1.51 bits per heavy atom. The molecule has 0 amide bonds. The van der Waals surface area contributed by atoms with Crippen LogP contribution in [0.15, 0.2) is 62.6 Å². The van der Waals surface area contributed by atoms with Crippen LogP contribution in [0.2, 0.25) is 0 Å². The molecule has 2 fully saturated rings. The molecular weight excluding hydrogens is 696 g/mol. The van der Waals surface area contributed by atoms with Gasteiger partial charge in [0, 0.05) is 51.0 Å². The average molecular weight is 743 g/mol. The molecule has 0 saturated carbocycles. The molecule has 284 valence electrons. The molecule has 0 spiro atoms. The minimum absolute atomic E-state index is 0.0823. The van der Waals surface area contributed by atoms with Crippen molar-refractivity contribution in [1.82, 2.24) is 0 Å². The van der Waals surface area contributed by atoms with Crippen LogP contribution in [0.5, 0.6) is 5.75 Å². The Labute approximate surface area is 295 Å². The maximum atomic E-state index is 12.0. The Hall–Kier alpha value is -3.33. The first-order valence-corrected chi connectivity index (χ1v) is 17.4. The summed E-state index contributed by atoms with van der Waals surface area (Å²) in [6.45, 7) is 3.11. The molecule has 8 atom stereocenters. The van der Waals surface area contributed by atoms with Gasteiger partial charge >= 0.3 is 5.63 Å². The fourth-order valence-electron chi connectivity index (χ4n) is 4.87. The van der Waals surface area contributed by atoms with Crippen LogP contribution in [0.4, 0.5) is 0 Å². The van der Waals surface area contributed by atoms with E-state index in [1.54, 1.807) is 37.3 Å². The first kappa shape index (κ1) is 42.1. The van der Waals surface area contributed by atoms with Crippen LogP contribution in [0.3, 0.4) is 0 Å². The molecule has 5 N–H and O–H groups in total. The van der Waals surface area contributed by atoms with E-state index in [-0.39, 0.29) is 37.4 Å². The molecule has 3 aromatic rings. The van der Waals surface area contributed by atoms with E-state index in [4.69, 9.17) is 42.5 Å². The number of carbonyl (C=O) groups is 1. The molecule has 0 bridgehead atoms. The van der Waals surface area contributed by atoms with Gasteiger partial charge in [-0.2, -0.15) is 8.42 Å². The third kappa shape index (κ3) is 12.7. The summed E-state index contributed by atoms with van der Waals surface area (Å²) in [5.74, 6) is 0.397. The van der Waals surface area contributed by atoms with Crippen molar-refractivity contribution in [2.45, 2.75) is 87.2 Å². The van der Waals surface area contributed by atoms with Crippen molar-refractivity contribution in [3.05, 3.63) is 70.1 Å². The van der Waals surface area contributed by atoms with Gasteiger partial charge in [0.15, 0.2) is 12.6 Å². The molecule has 51 heavy (non-hydrogen) atoms. The summed E-state index contributed by atoms with van der Waals surface area (Å²) in [4.78, 5) is 21.7. The number of carbonyl (C=O) groups excluding carboxylic acids is 1. The lowest BCUT2D eigenvalue weighted by atomic mass is 10.1. The van der Waals surface area contributed by atoms with E-state index in [1.165, 1.54) is 32.4 Å². The number of aliphatic hydroxyl groups is 5. The van der Waals surface area contributed by atoms with Gasteiger partial charge in [-0.3, -0.25) is 4.18 Å². The molecule has 3 heterocycles. The normalized spacial score (nSPS) is 24.2. The summed E-state index contributed by atoms with van der Waals surface area (Å²) < 4.78 is 59.4. The van der Waals surface area contributed by atoms with Gasteiger partial charge in [-0.05, 0) is 43.7 Å². The first-order chi connectivity index (χ1) is 24.2. The van der Waals surface area contributed by atoms with Crippen molar-refractivity contribution >= 4 is 27.4 Å². The van der Waals surface area contributed by atoms with Crippen molar-refractivity contribution in [3.63, 3.8) is 0 Å². The van der Waals surface area contributed by atoms with Crippen LogP contribution >= 0.6 is 0 Å². The van der Waals surface area contributed by atoms with E-state index in [0.29, 0.717) is 30.5 Å². The molecule has 0 radical (unpaired) electrons. The number of hydrogen-bond acceptors (Lipinski definition) is 16. The molecular formula is C34H46O16S. The van der Waals surface area contributed by atoms with Crippen LogP contribution in [0.25, 0.3) is 11.0 Å². The first-order valence-electron chi connectivity index (χ1n) is 16.0. The molecule has 5 rings (SSSR count). The van der Waals surface area contributed by atoms with Crippen molar-refractivity contribution in [2.24, 2.45) is 0 Å². The van der Waals surface area contributed by atoms with Gasteiger partial charge in [-0.1, -0.05) is 17.7 Å². The highest BCUT2D eigenvalue weighted by molar-refractivity contribution is 7.86. The van der Waals surface area contributed by atoms with Crippen LogP contribution < -0.4 is 10.4 Å². The Kier molecular flexibility index (Phi) is 16.5.